The molecule has 0 radical (unpaired) electrons. The Morgan fingerprint density at radius 3 is 2.62 bits per heavy atom. The summed E-state index contributed by atoms with van der Waals surface area (Å²) in [6, 6.07) is 11.1. The van der Waals surface area contributed by atoms with Gasteiger partial charge in [-0.25, -0.2) is 4.98 Å². The number of carbonyl (C=O) groups is 2. The number of rotatable bonds is 6. The lowest BCUT2D eigenvalue weighted by Crippen LogP contribution is -2.27. The molecule has 1 N–H and O–H groups in total. The summed E-state index contributed by atoms with van der Waals surface area (Å²) in [6.45, 7) is 4.58. The van der Waals surface area contributed by atoms with Gasteiger partial charge in [-0.05, 0) is 49.2 Å². The van der Waals surface area contributed by atoms with Crippen molar-refractivity contribution in [3.63, 3.8) is 0 Å². The van der Waals surface area contributed by atoms with Crippen molar-refractivity contribution < 1.29 is 19.1 Å². The van der Waals surface area contributed by atoms with Gasteiger partial charge in [0.15, 0.2) is 16.6 Å². The molecule has 2 aromatic carbocycles. The van der Waals surface area contributed by atoms with E-state index < -0.39 is 0 Å². The molecule has 0 saturated carbocycles. The van der Waals surface area contributed by atoms with E-state index in [1.807, 2.05) is 30.9 Å². The molecular formula is C24H25N3O4S. The lowest BCUT2D eigenvalue weighted by molar-refractivity contribution is -0.118. The van der Waals surface area contributed by atoms with Gasteiger partial charge >= 0.3 is 0 Å². The van der Waals surface area contributed by atoms with Crippen molar-refractivity contribution in [3.05, 3.63) is 52.4 Å². The monoisotopic (exact) mass is 451 g/mol. The zero-order valence-electron chi connectivity index (χ0n) is 18.5. The standard InChI is InChI=1S/C24H25N3O4S/c1-5-21(28)27-11-10-15-12-16(6-8-18(15)27)22-14(2)32-24(25-22)26-23(29)17-7-9-19(30-3)20(13-17)31-4/h6-9,12-13H,5,10-11H2,1-4H3,(H,25,26,29). The predicted octanol–water partition coefficient (Wildman–Crippen LogP) is 4.69. The van der Waals surface area contributed by atoms with E-state index >= 15 is 0 Å². The van der Waals surface area contributed by atoms with Crippen molar-refractivity contribution in [1.82, 2.24) is 4.98 Å². The number of thiazole rings is 1. The number of ether oxygens (including phenoxy) is 2. The lowest BCUT2D eigenvalue weighted by atomic mass is 10.1. The number of nitrogens with zero attached hydrogens (tertiary/aromatic N) is 2. The number of carbonyl (C=O) groups excluding carboxylic acids is 2. The van der Waals surface area contributed by atoms with Gasteiger partial charge in [0.25, 0.3) is 5.91 Å². The molecule has 3 aromatic rings. The van der Waals surface area contributed by atoms with E-state index in [0.29, 0.717) is 35.2 Å². The third-order valence-electron chi connectivity index (χ3n) is 5.51. The average molecular weight is 452 g/mol. The molecule has 4 rings (SSSR count). The molecule has 0 bridgehead atoms. The summed E-state index contributed by atoms with van der Waals surface area (Å²) >= 11 is 1.43. The first-order chi connectivity index (χ1) is 15.4. The summed E-state index contributed by atoms with van der Waals surface area (Å²) in [4.78, 5) is 32.4. The highest BCUT2D eigenvalue weighted by atomic mass is 32.1. The van der Waals surface area contributed by atoms with Crippen LogP contribution in [0.4, 0.5) is 10.8 Å². The van der Waals surface area contributed by atoms with Gasteiger partial charge < -0.3 is 14.4 Å². The van der Waals surface area contributed by atoms with E-state index in [-0.39, 0.29) is 11.8 Å². The first-order valence-corrected chi connectivity index (χ1v) is 11.2. The molecule has 7 nitrogen and oxygen atoms in total. The zero-order chi connectivity index (χ0) is 22.8. The number of nitrogens with one attached hydrogen (secondary N) is 1. The van der Waals surface area contributed by atoms with Gasteiger partial charge in [-0.2, -0.15) is 0 Å². The van der Waals surface area contributed by atoms with Crippen LogP contribution in [0.3, 0.4) is 0 Å². The highest BCUT2D eigenvalue weighted by Gasteiger charge is 2.24. The summed E-state index contributed by atoms with van der Waals surface area (Å²) in [6.07, 6.45) is 1.33. The molecule has 0 unspecified atom stereocenters. The number of aryl methyl sites for hydroxylation is 1. The van der Waals surface area contributed by atoms with Crippen LogP contribution in [0.1, 0.15) is 34.1 Å². The van der Waals surface area contributed by atoms with Gasteiger partial charge in [-0.3, -0.25) is 14.9 Å². The first kappa shape index (κ1) is 21.8. The van der Waals surface area contributed by atoms with Crippen molar-refractivity contribution in [1.29, 1.82) is 0 Å². The van der Waals surface area contributed by atoms with Crippen molar-refractivity contribution in [3.8, 4) is 22.8 Å². The van der Waals surface area contributed by atoms with Crippen LogP contribution in [0.2, 0.25) is 0 Å². The maximum Gasteiger partial charge on any atom is 0.257 e. The predicted molar refractivity (Wildman–Crippen MR) is 126 cm³/mol. The van der Waals surface area contributed by atoms with E-state index in [1.165, 1.54) is 18.4 Å². The lowest BCUT2D eigenvalue weighted by Gasteiger charge is -2.16. The second-order valence-electron chi connectivity index (χ2n) is 7.44. The molecule has 0 fully saturated rings. The van der Waals surface area contributed by atoms with Gasteiger partial charge in [0, 0.05) is 34.7 Å². The number of aromatic nitrogens is 1. The quantitative estimate of drug-likeness (QED) is 0.588. The Morgan fingerprint density at radius 1 is 1.12 bits per heavy atom. The van der Waals surface area contributed by atoms with Crippen LogP contribution in [0, 0.1) is 6.92 Å². The van der Waals surface area contributed by atoms with Crippen molar-refractivity contribution in [2.75, 3.05) is 31.0 Å². The maximum absolute atomic E-state index is 12.7. The molecule has 1 aromatic heterocycles. The van der Waals surface area contributed by atoms with Gasteiger partial charge in [0.1, 0.15) is 0 Å². The summed E-state index contributed by atoms with van der Waals surface area (Å²) in [5, 5.41) is 3.41. The van der Waals surface area contributed by atoms with Crippen LogP contribution < -0.4 is 19.7 Å². The number of amides is 2. The fraction of sp³-hybridized carbons (Fsp3) is 0.292. The molecule has 2 amide bonds. The second-order valence-corrected chi connectivity index (χ2v) is 8.64. The van der Waals surface area contributed by atoms with Crippen LogP contribution in [0.5, 0.6) is 11.5 Å². The smallest absolute Gasteiger partial charge is 0.257 e. The minimum atomic E-state index is -0.270. The number of hydrogen-bond donors (Lipinski definition) is 1. The highest BCUT2D eigenvalue weighted by Crippen LogP contribution is 2.36. The Bertz CT molecular complexity index is 1190. The number of hydrogen-bond acceptors (Lipinski definition) is 6. The minimum Gasteiger partial charge on any atom is -0.493 e. The second kappa shape index (κ2) is 9.00. The third kappa shape index (κ3) is 4.05. The summed E-state index contributed by atoms with van der Waals surface area (Å²) in [5.74, 6) is 0.924. The Morgan fingerprint density at radius 2 is 1.91 bits per heavy atom. The topological polar surface area (TPSA) is 80.8 Å². The fourth-order valence-electron chi connectivity index (χ4n) is 3.86. The van der Waals surface area contributed by atoms with Crippen LogP contribution >= 0.6 is 11.3 Å². The largest absolute Gasteiger partial charge is 0.493 e. The molecule has 0 aliphatic carbocycles. The van der Waals surface area contributed by atoms with Gasteiger partial charge in [-0.1, -0.05) is 13.0 Å². The fourth-order valence-corrected chi connectivity index (χ4v) is 4.69. The molecule has 0 spiro atoms. The Labute approximate surface area is 191 Å². The van der Waals surface area contributed by atoms with Crippen LogP contribution in [0.25, 0.3) is 11.3 Å². The van der Waals surface area contributed by atoms with E-state index in [9.17, 15) is 9.59 Å². The molecule has 32 heavy (non-hydrogen) atoms. The minimum absolute atomic E-state index is 0.140. The molecule has 0 saturated heterocycles. The summed E-state index contributed by atoms with van der Waals surface area (Å²) in [7, 11) is 3.08. The Balaban J connectivity index is 1.55. The molecular weight excluding hydrogens is 426 g/mol. The summed E-state index contributed by atoms with van der Waals surface area (Å²) in [5.41, 5.74) is 4.40. The first-order valence-electron chi connectivity index (χ1n) is 10.4. The SMILES string of the molecule is CCC(=O)N1CCc2cc(-c3nc(NC(=O)c4ccc(OC)c(OC)c4)sc3C)ccc21. The number of benzene rings is 2. The Kier molecular flexibility index (Phi) is 6.14. The van der Waals surface area contributed by atoms with Crippen LogP contribution in [0.15, 0.2) is 36.4 Å². The van der Waals surface area contributed by atoms with Crippen molar-refractivity contribution in [2.45, 2.75) is 26.7 Å². The van der Waals surface area contributed by atoms with Crippen molar-refractivity contribution in [2.24, 2.45) is 0 Å². The highest BCUT2D eigenvalue weighted by molar-refractivity contribution is 7.16. The van der Waals surface area contributed by atoms with Crippen molar-refractivity contribution >= 4 is 34.0 Å². The van der Waals surface area contributed by atoms with Gasteiger partial charge in [0.2, 0.25) is 5.91 Å². The third-order valence-corrected chi connectivity index (χ3v) is 6.40. The molecule has 2 heterocycles. The van der Waals surface area contributed by atoms with Gasteiger partial charge in [-0.15, -0.1) is 11.3 Å². The van der Waals surface area contributed by atoms with Crippen LogP contribution in [-0.4, -0.2) is 37.6 Å². The average Bonchev–Trinajstić information content (AvgIpc) is 3.40. The van der Waals surface area contributed by atoms with E-state index in [2.05, 4.69) is 16.4 Å². The normalized spacial score (nSPS) is 12.4. The van der Waals surface area contributed by atoms with Crippen LogP contribution in [-0.2, 0) is 11.2 Å². The number of anilines is 2. The zero-order valence-corrected chi connectivity index (χ0v) is 19.3. The van der Waals surface area contributed by atoms with E-state index in [0.717, 1.165) is 33.8 Å². The van der Waals surface area contributed by atoms with Gasteiger partial charge in [0.05, 0.1) is 19.9 Å². The van der Waals surface area contributed by atoms with E-state index in [4.69, 9.17) is 9.47 Å². The number of methoxy groups -OCH3 is 2. The summed E-state index contributed by atoms with van der Waals surface area (Å²) < 4.78 is 10.5. The molecule has 0 atom stereocenters. The molecule has 8 heteroatoms. The maximum atomic E-state index is 12.7. The number of fused-ring (bicyclic) bond motifs is 1. The van der Waals surface area contributed by atoms with E-state index in [1.54, 1.807) is 25.3 Å². The Hall–Kier alpha value is -3.39. The molecule has 1 aliphatic rings. The molecule has 166 valence electrons. The molecule has 1 aliphatic heterocycles.